The summed E-state index contributed by atoms with van der Waals surface area (Å²) in [4.78, 5) is 2.52. The van der Waals surface area contributed by atoms with Crippen LogP contribution in [0.15, 0.2) is 188 Å². The van der Waals surface area contributed by atoms with Gasteiger partial charge in [0.1, 0.15) is 12.4 Å². The van der Waals surface area contributed by atoms with Gasteiger partial charge in [-0.25, -0.2) is 0 Å². The summed E-state index contributed by atoms with van der Waals surface area (Å²) in [7, 11) is 0. The molecule has 61 heavy (non-hydrogen) atoms. The number of ether oxygens (including phenoxy) is 1. The number of para-hydroxylation sites is 1. The topological polar surface area (TPSA) is 12.5 Å². The first-order chi connectivity index (χ1) is 29.8. The molecule has 4 aliphatic rings. The van der Waals surface area contributed by atoms with Crippen molar-refractivity contribution in [2.45, 2.75) is 50.4 Å². The highest BCUT2D eigenvalue weighted by atomic mass is 16.5. The van der Waals surface area contributed by atoms with Gasteiger partial charge in [0.25, 0.3) is 0 Å². The molecule has 2 heteroatoms. The Kier molecular flexibility index (Phi) is 7.70. The van der Waals surface area contributed by atoms with Gasteiger partial charge in [0.15, 0.2) is 0 Å². The molecule has 8 aromatic carbocycles. The van der Waals surface area contributed by atoms with E-state index in [1.54, 1.807) is 0 Å². The Hall–Kier alpha value is -6.90. The van der Waals surface area contributed by atoms with E-state index in [-0.39, 0.29) is 10.8 Å². The first-order valence-corrected chi connectivity index (χ1v) is 21.8. The minimum Gasteiger partial charge on any atom is -0.489 e. The molecule has 0 aromatic heterocycles. The van der Waals surface area contributed by atoms with Gasteiger partial charge in [-0.2, -0.15) is 0 Å². The fraction of sp³-hybridized carbons (Fsp3) is 0.153. The van der Waals surface area contributed by atoms with E-state index in [9.17, 15) is 0 Å². The van der Waals surface area contributed by atoms with Gasteiger partial charge in [-0.15, -0.1) is 0 Å². The largest absolute Gasteiger partial charge is 0.489 e. The van der Waals surface area contributed by atoms with Gasteiger partial charge in [0.2, 0.25) is 0 Å². The molecule has 0 bridgehead atoms. The molecule has 0 radical (unpaired) electrons. The Balaban J connectivity index is 1.13. The smallest absolute Gasteiger partial charge is 0.124 e. The third-order valence-electron chi connectivity index (χ3n) is 14.5. The van der Waals surface area contributed by atoms with E-state index in [0.29, 0.717) is 6.61 Å². The third kappa shape index (κ3) is 5.03. The van der Waals surface area contributed by atoms with E-state index in [2.05, 4.69) is 221 Å². The molecule has 0 fully saturated rings. The predicted octanol–water partition coefficient (Wildman–Crippen LogP) is 15.1. The predicted molar refractivity (Wildman–Crippen MR) is 254 cm³/mol. The van der Waals surface area contributed by atoms with Crippen molar-refractivity contribution >= 4 is 27.8 Å². The van der Waals surface area contributed by atoms with Crippen LogP contribution in [0.3, 0.4) is 0 Å². The van der Waals surface area contributed by atoms with Crippen LogP contribution in [0.4, 0.5) is 17.1 Å². The molecule has 0 saturated carbocycles. The van der Waals surface area contributed by atoms with E-state index in [1.807, 2.05) is 0 Å². The molecule has 294 valence electrons. The average molecular weight is 786 g/mol. The van der Waals surface area contributed by atoms with Crippen molar-refractivity contribution in [1.82, 2.24) is 0 Å². The maximum atomic E-state index is 6.63. The van der Waals surface area contributed by atoms with E-state index < -0.39 is 5.41 Å². The standard InChI is InChI=1S/C59H47NO/c1-57(2)48-21-11-9-19-43(48)45-29-26-39(35-52(45)57)60(40-27-30-46-44-20-10-12-22-49(44)58(3,4)53(46)36-40)41-28-31-47-54(37-41)59(51-32-25-38-17-7-8-18-42(38)56(47)51)33-15-5-6-16-34-61-55-24-14-13-23-50(55)59/h5-32,35-37H,33-34H2,1-4H3/b15-5-,16-6-. The second kappa shape index (κ2) is 13.0. The molecular weight excluding hydrogens is 739 g/mol. The van der Waals surface area contributed by atoms with Crippen LogP contribution in [0.5, 0.6) is 5.75 Å². The van der Waals surface area contributed by atoms with E-state index in [0.717, 1.165) is 29.2 Å². The Morgan fingerprint density at radius 1 is 0.426 bits per heavy atom. The van der Waals surface area contributed by atoms with Crippen LogP contribution in [-0.4, -0.2) is 6.61 Å². The number of hydrogen-bond acceptors (Lipinski definition) is 2. The van der Waals surface area contributed by atoms with Crippen LogP contribution in [0.25, 0.3) is 44.2 Å². The Morgan fingerprint density at radius 3 is 1.62 bits per heavy atom. The molecule has 0 N–H and O–H groups in total. The zero-order chi connectivity index (χ0) is 41.1. The SMILES string of the molecule is CC1(C)c2ccccc2-c2ccc(N(c3ccc4c(c3)C(C)(C)c3ccccc3-4)c3ccc4c(c3)C3(C/C=C\C=C/COc5ccccc53)c3ccc5ccccc5c3-4)cc21. The van der Waals surface area contributed by atoms with Gasteiger partial charge in [0.05, 0.1) is 5.41 Å². The molecule has 1 unspecified atom stereocenters. The van der Waals surface area contributed by atoms with Gasteiger partial charge in [-0.3, -0.25) is 0 Å². The summed E-state index contributed by atoms with van der Waals surface area (Å²) in [5.41, 5.74) is 19.9. The molecule has 8 aromatic rings. The lowest BCUT2D eigenvalue weighted by molar-refractivity contribution is 0.353. The van der Waals surface area contributed by atoms with Crippen LogP contribution >= 0.6 is 0 Å². The molecule has 2 nitrogen and oxygen atoms in total. The summed E-state index contributed by atoms with van der Waals surface area (Å²) in [6, 6.07) is 61.8. The highest BCUT2D eigenvalue weighted by Crippen LogP contribution is 2.60. The zero-order valence-electron chi connectivity index (χ0n) is 35.2. The summed E-state index contributed by atoms with van der Waals surface area (Å²) in [6.07, 6.45) is 9.56. The summed E-state index contributed by atoms with van der Waals surface area (Å²) in [5, 5.41) is 2.53. The van der Waals surface area contributed by atoms with Gasteiger partial charge >= 0.3 is 0 Å². The van der Waals surface area contributed by atoms with Crippen molar-refractivity contribution in [2.24, 2.45) is 0 Å². The lowest BCUT2D eigenvalue weighted by atomic mass is 9.69. The van der Waals surface area contributed by atoms with Crippen molar-refractivity contribution in [3.05, 3.63) is 227 Å². The van der Waals surface area contributed by atoms with Gasteiger partial charge in [-0.05, 0) is 132 Å². The number of benzene rings is 8. The number of anilines is 3. The highest BCUT2D eigenvalue weighted by Gasteiger charge is 2.47. The Morgan fingerprint density at radius 2 is 0.951 bits per heavy atom. The fourth-order valence-corrected chi connectivity index (χ4v) is 11.6. The van der Waals surface area contributed by atoms with Gasteiger partial charge in [0, 0.05) is 33.5 Å². The molecular formula is C59H47NO. The molecule has 1 heterocycles. The maximum Gasteiger partial charge on any atom is 0.124 e. The fourth-order valence-electron chi connectivity index (χ4n) is 11.6. The first-order valence-electron chi connectivity index (χ1n) is 21.8. The maximum absolute atomic E-state index is 6.63. The van der Waals surface area contributed by atoms with Crippen molar-refractivity contribution < 1.29 is 4.74 Å². The minimum atomic E-state index is -0.502. The van der Waals surface area contributed by atoms with Crippen molar-refractivity contribution in [3.63, 3.8) is 0 Å². The van der Waals surface area contributed by atoms with Gasteiger partial charge < -0.3 is 9.64 Å². The van der Waals surface area contributed by atoms with Crippen LogP contribution < -0.4 is 9.64 Å². The third-order valence-corrected chi connectivity index (χ3v) is 14.5. The van der Waals surface area contributed by atoms with Gasteiger partial charge in [-0.1, -0.05) is 167 Å². The second-order valence-electron chi connectivity index (χ2n) is 18.3. The molecule has 3 aliphatic carbocycles. The second-order valence-corrected chi connectivity index (χ2v) is 18.3. The monoisotopic (exact) mass is 785 g/mol. The number of hydrogen-bond donors (Lipinski definition) is 0. The number of nitrogens with zero attached hydrogens (tertiary/aromatic N) is 1. The average Bonchev–Trinajstić information content (AvgIpc) is 3.80. The lowest BCUT2D eigenvalue weighted by Gasteiger charge is -2.35. The van der Waals surface area contributed by atoms with Crippen molar-refractivity contribution in [3.8, 4) is 39.1 Å². The summed E-state index contributed by atoms with van der Waals surface area (Å²) in [6.45, 7) is 10.0. The van der Waals surface area contributed by atoms with Crippen LogP contribution in [0.1, 0.15) is 73.1 Å². The van der Waals surface area contributed by atoms with Crippen LogP contribution in [0.2, 0.25) is 0 Å². The van der Waals surface area contributed by atoms with Crippen LogP contribution in [-0.2, 0) is 16.2 Å². The Labute approximate surface area is 359 Å². The molecule has 1 spiro atoms. The lowest BCUT2D eigenvalue weighted by Crippen LogP contribution is -2.28. The quantitative estimate of drug-likeness (QED) is 0.177. The molecule has 1 aliphatic heterocycles. The molecule has 0 saturated heterocycles. The normalized spacial score (nSPS) is 19.1. The number of rotatable bonds is 3. The Bertz CT molecular complexity index is 3090. The molecule has 12 rings (SSSR count). The number of fused-ring (bicyclic) bond motifs is 15. The summed E-state index contributed by atoms with van der Waals surface area (Å²) in [5.74, 6) is 0.928. The molecule has 1 atom stereocenters. The summed E-state index contributed by atoms with van der Waals surface area (Å²) >= 11 is 0. The van der Waals surface area contributed by atoms with Crippen molar-refractivity contribution in [1.29, 1.82) is 0 Å². The van der Waals surface area contributed by atoms with Crippen LogP contribution in [0, 0.1) is 0 Å². The first kappa shape index (κ1) is 36.0. The summed E-state index contributed by atoms with van der Waals surface area (Å²) < 4.78 is 6.63. The molecule has 0 amide bonds. The minimum absolute atomic E-state index is 0.138. The highest BCUT2D eigenvalue weighted by molar-refractivity contribution is 6.04. The van der Waals surface area contributed by atoms with E-state index in [4.69, 9.17) is 4.74 Å². The van der Waals surface area contributed by atoms with E-state index in [1.165, 1.54) is 83.1 Å². The van der Waals surface area contributed by atoms with E-state index >= 15 is 0 Å². The number of allylic oxidation sites excluding steroid dienone is 3. The van der Waals surface area contributed by atoms with Crippen molar-refractivity contribution in [2.75, 3.05) is 11.5 Å². The zero-order valence-corrected chi connectivity index (χ0v) is 35.2.